The number of allylic oxidation sites excluding steroid dienone is 2. The van der Waals surface area contributed by atoms with E-state index in [1.54, 1.807) is 74.0 Å². The van der Waals surface area contributed by atoms with Crippen molar-refractivity contribution in [2.75, 3.05) is 14.2 Å². The van der Waals surface area contributed by atoms with Crippen LogP contribution in [0, 0.1) is 10.8 Å². The van der Waals surface area contributed by atoms with Crippen molar-refractivity contribution < 1.29 is 38.1 Å². The van der Waals surface area contributed by atoms with Crippen LogP contribution in [0.15, 0.2) is 48.6 Å². The molecule has 0 saturated carbocycles. The molecule has 2 rings (SSSR count). The number of benzene rings is 2. The first-order chi connectivity index (χ1) is 18.2. The molecule has 210 valence electrons. The summed E-state index contributed by atoms with van der Waals surface area (Å²) < 4.78 is 27.3. The van der Waals surface area contributed by atoms with Gasteiger partial charge in [0.2, 0.25) is 0 Å². The SMILES string of the molecule is CC=Cc1ccc(OC)c(C=CC(=O)c2ccc(OC(OC(=O)C(C)(C)C)OC(=O)C(C)(C)C)cc2)c1OC. The van der Waals surface area contributed by atoms with Crippen molar-refractivity contribution in [3.8, 4) is 17.2 Å². The number of hydrogen-bond donors (Lipinski definition) is 0. The molecular weight excluding hydrogens is 500 g/mol. The summed E-state index contributed by atoms with van der Waals surface area (Å²) in [7, 11) is 3.11. The Labute approximate surface area is 230 Å². The van der Waals surface area contributed by atoms with Crippen molar-refractivity contribution in [2.45, 2.75) is 54.9 Å². The number of rotatable bonds is 10. The van der Waals surface area contributed by atoms with E-state index in [1.165, 1.54) is 18.2 Å². The lowest BCUT2D eigenvalue weighted by Crippen LogP contribution is -2.37. The lowest BCUT2D eigenvalue weighted by molar-refractivity contribution is -0.244. The second-order valence-electron chi connectivity index (χ2n) is 10.7. The molecule has 0 heterocycles. The largest absolute Gasteiger partial charge is 0.496 e. The predicted molar refractivity (Wildman–Crippen MR) is 150 cm³/mol. The molecule has 0 aliphatic rings. The zero-order valence-corrected chi connectivity index (χ0v) is 24.1. The maximum absolute atomic E-state index is 12.9. The summed E-state index contributed by atoms with van der Waals surface area (Å²) in [6, 6.07) is 9.85. The average molecular weight is 539 g/mol. The Morgan fingerprint density at radius 2 is 1.33 bits per heavy atom. The third-order valence-corrected chi connectivity index (χ3v) is 5.36. The van der Waals surface area contributed by atoms with Crippen molar-refractivity contribution in [2.24, 2.45) is 10.8 Å². The van der Waals surface area contributed by atoms with Crippen LogP contribution in [-0.4, -0.2) is 38.4 Å². The molecule has 0 spiro atoms. The van der Waals surface area contributed by atoms with Gasteiger partial charge in [0.15, 0.2) is 5.78 Å². The van der Waals surface area contributed by atoms with Gasteiger partial charge in [0.05, 0.1) is 30.6 Å². The highest BCUT2D eigenvalue weighted by atomic mass is 16.9. The highest BCUT2D eigenvalue weighted by Gasteiger charge is 2.32. The predicted octanol–water partition coefficient (Wildman–Crippen LogP) is 6.47. The molecule has 2 aromatic rings. The number of carbonyl (C=O) groups is 3. The minimum Gasteiger partial charge on any atom is -0.496 e. The highest BCUT2D eigenvalue weighted by Crippen LogP contribution is 2.34. The van der Waals surface area contributed by atoms with Crippen LogP contribution < -0.4 is 14.2 Å². The second kappa shape index (κ2) is 13.1. The quantitative estimate of drug-likeness (QED) is 0.147. The van der Waals surface area contributed by atoms with Crippen LogP contribution in [-0.2, 0) is 19.1 Å². The zero-order chi connectivity index (χ0) is 29.4. The van der Waals surface area contributed by atoms with Gasteiger partial charge in [-0.3, -0.25) is 14.4 Å². The van der Waals surface area contributed by atoms with E-state index in [2.05, 4.69) is 0 Å². The molecule has 0 saturated heterocycles. The normalized spacial score (nSPS) is 12.1. The lowest BCUT2D eigenvalue weighted by atomic mass is 9.97. The van der Waals surface area contributed by atoms with Crippen LogP contribution in [0.2, 0.25) is 0 Å². The molecule has 0 fully saturated rings. The number of hydrogen-bond acceptors (Lipinski definition) is 8. The van der Waals surface area contributed by atoms with Gasteiger partial charge in [-0.1, -0.05) is 12.2 Å². The van der Waals surface area contributed by atoms with E-state index in [1.807, 2.05) is 31.2 Å². The maximum Gasteiger partial charge on any atom is 0.410 e. The van der Waals surface area contributed by atoms with Gasteiger partial charge in [0.25, 0.3) is 0 Å². The second-order valence-corrected chi connectivity index (χ2v) is 10.7. The Morgan fingerprint density at radius 1 is 0.769 bits per heavy atom. The van der Waals surface area contributed by atoms with Crippen molar-refractivity contribution >= 4 is 29.9 Å². The van der Waals surface area contributed by atoms with Crippen molar-refractivity contribution in [3.63, 3.8) is 0 Å². The van der Waals surface area contributed by atoms with Gasteiger partial charge in [0, 0.05) is 11.1 Å². The molecule has 0 radical (unpaired) electrons. The van der Waals surface area contributed by atoms with Crippen LogP contribution in [0.1, 0.15) is 70.0 Å². The molecule has 0 N–H and O–H groups in total. The number of methoxy groups -OCH3 is 2. The molecule has 8 nitrogen and oxygen atoms in total. The van der Waals surface area contributed by atoms with E-state index >= 15 is 0 Å². The smallest absolute Gasteiger partial charge is 0.410 e. The van der Waals surface area contributed by atoms with E-state index < -0.39 is 29.2 Å². The fraction of sp³-hybridized carbons (Fsp3) is 0.387. The Kier molecular flexibility index (Phi) is 10.5. The van der Waals surface area contributed by atoms with Gasteiger partial charge >= 0.3 is 18.4 Å². The van der Waals surface area contributed by atoms with Gasteiger partial charge in [0.1, 0.15) is 17.2 Å². The summed E-state index contributed by atoms with van der Waals surface area (Å²) in [4.78, 5) is 37.7. The van der Waals surface area contributed by atoms with Crippen LogP contribution in [0.4, 0.5) is 0 Å². The van der Waals surface area contributed by atoms with E-state index in [4.69, 9.17) is 23.7 Å². The van der Waals surface area contributed by atoms with Gasteiger partial charge < -0.3 is 23.7 Å². The summed E-state index contributed by atoms with van der Waals surface area (Å²) in [6.07, 6.45) is 6.87. The van der Waals surface area contributed by atoms with Crippen LogP contribution in [0.3, 0.4) is 0 Å². The Balaban J connectivity index is 2.25. The maximum atomic E-state index is 12.9. The van der Waals surface area contributed by atoms with Gasteiger partial charge in [-0.15, -0.1) is 0 Å². The average Bonchev–Trinajstić information content (AvgIpc) is 2.86. The molecule has 0 unspecified atom stereocenters. The third-order valence-electron chi connectivity index (χ3n) is 5.36. The van der Waals surface area contributed by atoms with Gasteiger partial charge in [-0.05, 0) is 97.0 Å². The molecule has 0 atom stereocenters. The molecule has 0 bridgehead atoms. The number of ether oxygens (including phenoxy) is 5. The summed E-state index contributed by atoms with van der Waals surface area (Å²) in [6.45, 7) is 10.4. The monoisotopic (exact) mass is 538 g/mol. The lowest BCUT2D eigenvalue weighted by Gasteiger charge is -2.25. The Bertz CT molecular complexity index is 1200. The molecular formula is C31H38O8. The summed E-state index contributed by atoms with van der Waals surface area (Å²) >= 11 is 0. The first-order valence-corrected chi connectivity index (χ1v) is 12.5. The fourth-order valence-electron chi connectivity index (χ4n) is 3.14. The highest BCUT2D eigenvalue weighted by molar-refractivity contribution is 6.07. The van der Waals surface area contributed by atoms with Gasteiger partial charge in [-0.2, -0.15) is 0 Å². The standard InChI is InChI=1S/C31H38O8/c1-10-11-21-14-19-25(35-8)23(26(21)36-9)17-18-24(32)20-12-15-22(16-13-20)37-29(38-27(33)30(2,3)4)39-28(34)31(5,6)7/h10-19,29H,1-9H3. The first kappa shape index (κ1) is 31.1. The number of ketones is 1. The van der Waals surface area contributed by atoms with Gasteiger partial charge in [-0.25, -0.2) is 0 Å². The topological polar surface area (TPSA) is 97.4 Å². The van der Waals surface area contributed by atoms with E-state index in [-0.39, 0.29) is 11.5 Å². The van der Waals surface area contributed by atoms with Crippen LogP contribution in [0.25, 0.3) is 12.2 Å². The molecule has 0 amide bonds. The van der Waals surface area contributed by atoms with Crippen LogP contribution in [0.5, 0.6) is 17.2 Å². The van der Waals surface area contributed by atoms with Crippen LogP contribution >= 0.6 is 0 Å². The molecule has 8 heteroatoms. The third kappa shape index (κ3) is 8.74. The number of carbonyl (C=O) groups excluding carboxylic acids is 3. The fourth-order valence-corrected chi connectivity index (χ4v) is 3.14. The summed E-state index contributed by atoms with van der Waals surface area (Å²) in [5.74, 6) is -0.0799. The molecule has 0 aliphatic carbocycles. The van der Waals surface area contributed by atoms with E-state index in [9.17, 15) is 14.4 Å². The summed E-state index contributed by atoms with van der Waals surface area (Å²) in [5.41, 5.74) is 0.194. The molecule has 0 aromatic heterocycles. The molecule has 0 aliphatic heterocycles. The zero-order valence-electron chi connectivity index (χ0n) is 24.1. The summed E-state index contributed by atoms with van der Waals surface area (Å²) in [5, 5.41) is 0. The van der Waals surface area contributed by atoms with Crippen molar-refractivity contribution in [3.05, 3.63) is 65.2 Å². The Hall–Kier alpha value is -4.07. The minimum atomic E-state index is -1.59. The van der Waals surface area contributed by atoms with Crippen molar-refractivity contribution in [1.29, 1.82) is 0 Å². The minimum absolute atomic E-state index is 0.242. The molecule has 39 heavy (non-hydrogen) atoms. The molecule has 2 aromatic carbocycles. The first-order valence-electron chi connectivity index (χ1n) is 12.5. The van der Waals surface area contributed by atoms with E-state index in [0.717, 1.165) is 5.56 Å². The number of esters is 2. The Morgan fingerprint density at radius 3 is 1.79 bits per heavy atom. The van der Waals surface area contributed by atoms with E-state index in [0.29, 0.717) is 22.6 Å². The van der Waals surface area contributed by atoms with Crippen molar-refractivity contribution in [1.82, 2.24) is 0 Å².